The quantitative estimate of drug-likeness (QED) is 0.233. The van der Waals surface area contributed by atoms with Crippen LogP contribution in [0, 0.1) is 23.3 Å². The van der Waals surface area contributed by atoms with Gasteiger partial charge in [-0.15, -0.1) is 11.8 Å². The zero-order valence-corrected chi connectivity index (χ0v) is 21.8. The summed E-state index contributed by atoms with van der Waals surface area (Å²) in [6.45, 7) is 1.81. The summed E-state index contributed by atoms with van der Waals surface area (Å²) in [4.78, 5) is 27.4. The van der Waals surface area contributed by atoms with Gasteiger partial charge in [0.15, 0.2) is 0 Å². The number of nitrogens with one attached hydrogen (secondary N) is 1. The Bertz CT molecular complexity index is 1370. The van der Waals surface area contributed by atoms with E-state index in [-0.39, 0.29) is 34.4 Å². The van der Waals surface area contributed by atoms with Gasteiger partial charge in [-0.05, 0) is 36.8 Å². The van der Waals surface area contributed by atoms with Gasteiger partial charge in [-0.1, -0.05) is 24.9 Å². The monoisotopic (exact) mass is 566 g/mol. The Hall–Kier alpha value is -3.24. The summed E-state index contributed by atoms with van der Waals surface area (Å²) >= 11 is 7.64. The third-order valence-electron chi connectivity index (χ3n) is 5.92. The van der Waals surface area contributed by atoms with Gasteiger partial charge in [-0.3, -0.25) is 9.59 Å². The van der Waals surface area contributed by atoms with E-state index in [0.717, 1.165) is 12.8 Å². The van der Waals surface area contributed by atoms with Gasteiger partial charge in [-0.25, -0.2) is 17.6 Å². The van der Waals surface area contributed by atoms with Crippen molar-refractivity contribution in [3.8, 4) is 5.75 Å². The molecular weight excluding hydrogens is 544 g/mol. The number of hydrogen-bond acceptors (Lipinski definition) is 4. The molecule has 0 bridgehead atoms. The van der Waals surface area contributed by atoms with Crippen molar-refractivity contribution < 1.29 is 31.9 Å². The van der Waals surface area contributed by atoms with Gasteiger partial charge < -0.3 is 15.0 Å². The maximum Gasteiger partial charge on any atom is 0.251 e. The second-order valence-electron chi connectivity index (χ2n) is 8.52. The molecule has 200 valence electrons. The molecule has 1 aliphatic heterocycles. The van der Waals surface area contributed by atoms with E-state index in [0.29, 0.717) is 35.1 Å². The predicted octanol–water partition coefficient (Wildman–Crippen LogP) is 6.64. The highest BCUT2D eigenvalue weighted by molar-refractivity contribution is 8.00. The molecule has 3 aromatic rings. The van der Waals surface area contributed by atoms with E-state index in [4.69, 9.17) is 16.3 Å². The van der Waals surface area contributed by atoms with Crippen molar-refractivity contribution in [2.45, 2.75) is 37.8 Å². The van der Waals surface area contributed by atoms with Crippen LogP contribution < -0.4 is 15.0 Å². The molecule has 0 fully saturated rings. The van der Waals surface area contributed by atoms with Crippen molar-refractivity contribution in [2.75, 3.05) is 17.3 Å². The van der Waals surface area contributed by atoms with Crippen LogP contribution in [0.4, 0.5) is 23.2 Å². The van der Waals surface area contributed by atoms with Crippen LogP contribution in [0.5, 0.6) is 5.75 Å². The smallest absolute Gasteiger partial charge is 0.251 e. The van der Waals surface area contributed by atoms with Gasteiger partial charge in [-0.2, -0.15) is 0 Å². The standard InChI is InChI=1S/C27H23ClF4N2O3S/c1-2-3-8-37-23-7-5-19(30)18(26(23)28)13-34-22-6-4-15(9-24(22)38-14-25(34)35)27(36)33-12-17-20(31)10-16(29)11-21(17)32/h4-7,9-11H,2-3,8,12-14H2,1H3,(H,33,36). The molecule has 4 rings (SSSR count). The van der Waals surface area contributed by atoms with Gasteiger partial charge in [0.25, 0.3) is 5.91 Å². The average Bonchev–Trinajstić information content (AvgIpc) is 2.88. The minimum Gasteiger partial charge on any atom is -0.492 e. The number of fused-ring (bicyclic) bond motifs is 1. The first kappa shape index (κ1) is 27.8. The number of carbonyl (C=O) groups excluding carboxylic acids is 2. The summed E-state index contributed by atoms with van der Waals surface area (Å²) < 4.78 is 61.3. The Morgan fingerprint density at radius 1 is 1.05 bits per heavy atom. The minimum absolute atomic E-state index is 0.0516. The third kappa shape index (κ3) is 6.07. The molecule has 0 saturated carbocycles. The van der Waals surface area contributed by atoms with Crippen molar-refractivity contribution in [2.24, 2.45) is 0 Å². The summed E-state index contributed by atoms with van der Waals surface area (Å²) in [5.41, 5.74) is 0.288. The van der Waals surface area contributed by atoms with Crippen molar-refractivity contribution in [3.63, 3.8) is 0 Å². The van der Waals surface area contributed by atoms with Crippen LogP contribution in [-0.4, -0.2) is 24.2 Å². The molecule has 11 heteroatoms. The van der Waals surface area contributed by atoms with Gasteiger partial charge in [0.05, 0.1) is 29.6 Å². The first-order valence-corrected chi connectivity index (χ1v) is 13.1. The van der Waals surface area contributed by atoms with Gasteiger partial charge in [0.1, 0.15) is 29.0 Å². The van der Waals surface area contributed by atoms with E-state index >= 15 is 0 Å². The summed E-state index contributed by atoms with van der Waals surface area (Å²) in [6, 6.07) is 8.29. The van der Waals surface area contributed by atoms with E-state index in [1.165, 1.54) is 40.9 Å². The summed E-state index contributed by atoms with van der Waals surface area (Å²) in [6.07, 6.45) is 1.73. The Labute approximate surface area is 226 Å². The van der Waals surface area contributed by atoms with E-state index < -0.39 is 41.3 Å². The van der Waals surface area contributed by atoms with Crippen LogP contribution in [0.2, 0.25) is 5.02 Å². The van der Waals surface area contributed by atoms with Crippen LogP contribution >= 0.6 is 23.4 Å². The van der Waals surface area contributed by atoms with Crippen LogP contribution in [0.25, 0.3) is 0 Å². The molecule has 0 aliphatic carbocycles. The Morgan fingerprint density at radius 2 is 1.79 bits per heavy atom. The molecule has 1 aliphatic rings. The molecule has 0 radical (unpaired) electrons. The van der Waals surface area contributed by atoms with Crippen molar-refractivity contribution in [3.05, 3.63) is 87.4 Å². The lowest BCUT2D eigenvalue weighted by Gasteiger charge is -2.30. The highest BCUT2D eigenvalue weighted by Crippen LogP contribution is 2.39. The number of carbonyl (C=O) groups is 2. The van der Waals surface area contributed by atoms with Crippen LogP contribution in [0.1, 0.15) is 41.3 Å². The van der Waals surface area contributed by atoms with E-state index in [2.05, 4.69) is 5.32 Å². The summed E-state index contributed by atoms with van der Waals surface area (Å²) in [5, 5.41) is 2.50. The highest BCUT2D eigenvalue weighted by Gasteiger charge is 2.28. The zero-order chi connectivity index (χ0) is 27.4. The molecule has 0 aromatic heterocycles. The molecule has 0 unspecified atom stereocenters. The van der Waals surface area contributed by atoms with E-state index in [1.54, 1.807) is 6.07 Å². The molecule has 1 N–H and O–H groups in total. The third-order valence-corrected chi connectivity index (χ3v) is 7.36. The molecule has 0 spiro atoms. The van der Waals surface area contributed by atoms with E-state index in [9.17, 15) is 27.2 Å². The lowest BCUT2D eigenvalue weighted by molar-refractivity contribution is -0.116. The number of thioether (sulfide) groups is 1. The van der Waals surface area contributed by atoms with Crippen molar-refractivity contribution in [1.29, 1.82) is 0 Å². The Balaban J connectivity index is 1.53. The predicted molar refractivity (Wildman–Crippen MR) is 138 cm³/mol. The molecule has 1 heterocycles. The van der Waals surface area contributed by atoms with E-state index in [1.807, 2.05) is 6.92 Å². The van der Waals surface area contributed by atoms with Crippen LogP contribution in [0.15, 0.2) is 47.4 Å². The fourth-order valence-electron chi connectivity index (χ4n) is 3.85. The van der Waals surface area contributed by atoms with Gasteiger partial charge in [0.2, 0.25) is 5.91 Å². The second kappa shape index (κ2) is 12.1. The molecule has 0 atom stereocenters. The maximum absolute atomic E-state index is 14.7. The number of halogens is 5. The normalized spacial score (nSPS) is 12.9. The van der Waals surface area contributed by atoms with Crippen molar-refractivity contribution in [1.82, 2.24) is 5.32 Å². The Morgan fingerprint density at radius 3 is 2.50 bits per heavy atom. The summed E-state index contributed by atoms with van der Waals surface area (Å²) in [7, 11) is 0. The molecule has 3 aromatic carbocycles. The molecule has 2 amide bonds. The number of hydrogen-bond donors (Lipinski definition) is 1. The number of benzene rings is 3. The largest absolute Gasteiger partial charge is 0.492 e. The number of rotatable bonds is 9. The number of nitrogens with zero attached hydrogens (tertiary/aromatic N) is 1. The molecular formula is C27H23ClF4N2O3S. The molecule has 5 nitrogen and oxygen atoms in total. The van der Waals surface area contributed by atoms with Crippen LogP contribution in [-0.2, 0) is 17.9 Å². The summed E-state index contributed by atoms with van der Waals surface area (Å²) in [5.74, 6) is -4.36. The fraction of sp³-hybridized carbons (Fsp3) is 0.259. The second-order valence-corrected chi connectivity index (χ2v) is 9.92. The lowest BCUT2D eigenvalue weighted by Crippen LogP contribution is -2.35. The zero-order valence-electron chi connectivity index (χ0n) is 20.3. The number of unbranched alkanes of at least 4 members (excludes halogenated alkanes) is 1. The van der Waals surface area contributed by atoms with Gasteiger partial charge in [0, 0.05) is 40.3 Å². The number of ether oxygens (including phenoxy) is 1. The first-order valence-electron chi connectivity index (χ1n) is 11.8. The topological polar surface area (TPSA) is 58.6 Å². The highest BCUT2D eigenvalue weighted by atomic mass is 35.5. The molecule has 38 heavy (non-hydrogen) atoms. The minimum atomic E-state index is -1.11. The van der Waals surface area contributed by atoms with Crippen molar-refractivity contribution >= 4 is 40.9 Å². The number of amides is 2. The van der Waals surface area contributed by atoms with Gasteiger partial charge >= 0.3 is 0 Å². The average molecular weight is 567 g/mol. The molecule has 0 saturated heterocycles. The SMILES string of the molecule is CCCCOc1ccc(F)c(CN2C(=O)CSc3cc(C(=O)NCc4c(F)cc(F)cc4F)ccc32)c1Cl. The first-order chi connectivity index (χ1) is 18.2. The lowest BCUT2D eigenvalue weighted by atomic mass is 10.1. The number of anilines is 1. The fourth-order valence-corrected chi connectivity index (χ4v) is 5.09. The van der Waals surface area contributed by atoms with Crippen LogP contribution in [0.3, 0.4) is 0 Å². The maximum atomic E-state index is 14.7. The Kier molecular flexibility index (Phi) is 8.83.